The molecule has 3 nitrogen and oxygen atoms in total. The minimum absolute atomic E-state index is 0.172. The van der Waals surface area contributed by atoms with Crippen LogP contribution in [0.25, 0.3) is 6.08 Å². The van der Waals surface area contributed by atoms with Gasteiger partial charge in [0.1, 0.15) is 5.75 Å². The molecule has 0 spiro atoms. The van der Waals surface area contributed by atoms with E-state index in [1.807, 2.05) is 44.2 Å². The van der Waals surface area contributed by atoms with Crippen molar-refractivity contribution in [1.29, 1.82) is 0 Å². The molecule has 0 aromatic heterocycles. The number of phenols is 2. The van der Waals surface area contributed by atoms with Crippen LogP contribution in [0.5, 0.6) is 17.2 Å². The highest BCUT2D eigenvalue weighted by molar-refractivity contribution is 5.55. The smallest absolute Gasteiger partial charge is 0.161 e. The van der Waals surface area contributed by atoms with Crippen molar-refractivity contribution in [3.8, 4) is 17.2 Å². The van der Waals surface area contributed by atoms with Crippen LogP contribution in [0, 0.1) is 6.92 Å². The second-order valence-corrected chi connectivity index (χ2v) is 5.65. The summed E-state index contributed by atoms with van der Waals surface area (Å²) in [7, 11) is 1.54. The summed E-state index contributed by atoms with van der Waals surface area (Å²) in [6, 6.07) is 11.0. The van der Waals surface area contributed by atoms with Gasteiger partial charge in [0.2, 0.25) is 0 Å². The number of aromatic hydroxyl groups is 2. The molecular weight excluding hydrogens is 288 g/mol. The largest absolute Gasteiger partial charge is 0.508 e. The van der Waals surface area contributed by atoms with Gasteiger partial charge in [-0.1, -0.05) is 44.2 Å². The van der Waals surface area contributed by atoms with Gasteiger partial charge in [0, 0.05) is 0 Å². The summed E-state index contributed by atoms with van der Waals surface area (Å²) in [4.78, 5) is 0. The van der Waals surface area contributed by atoms with Crippen molar-refractivity contribution in [1.82, 2.24) is 0 Å². The maximum Gasteiger partial charge on any atom is 0.161 e. The summed E-state index contributed by atoms with van der Waals surface area (Å²) in [5, 5.41) is 18.7. The molecule has 0 aliphatic carbocycles. The second-order valence-electron chi connectivity index (χ2n) is 5.65. The lowest BCUT2D eigenvalue weighted by molar-refractivity contribution is 0.373. The molecule has 0 amide bonds. The number of aryl methyl sites for hydroxylation is 1. The number of rotatable bonds is 3. The van der Waals surface area contributed by atoms with Crippen LogP contribution in [0.1, 0.15) is 43.4 Å². The van der Waals surface area contributed by atoms with Crippen molar-refractivity contribution < 1.29 is 14.9 Å². The number of ether oxygens (including phenoxy) is 1. The Morgan fingerprint density at radius 1 is 1.00 bits per heavy atom. The Kier molecular flexibility index (Phi) is 7.20. The monoisotopic (exact) mass is 314 g/mol. The molecule has 2 aromatic rings. The van der Waals surface area contributed by atoms with E-state index in [-0.39, 0.29) is 5.75 Å². The lowest BCUT2D eigenvalue weighted by atomic mass is 10.0. The van der Waals surface area contributed by atoms with Crippen molar-refractivity contribution in [2.45, 2.75) is 33.6 Å². The van der Waals surface area contributed by atoms with E-state index >= 15 is 0 Å². The van der Waals surface area contributed by atoms with E-state index in [0.29, 0.717) is 17.4 Å². The Balaban J connectivity index is 0.000000231. The highest BCUT2D eigenvalue weighted by Gasteiger charge is 2.04. The molecule has 124 valence electrons. The second kappa shape index (κ2) is 8.89. The molecule has 2 N–H and O–H groups in total. The Bertz CT molecular complexity index is 658. The van der Waals surface area contributed by atoms with Crippen LogP contribution in [0.4, 0.5) is 0 Å². The highest BCUT2D eigenvalue weighted by atomic mass is 16.5. The minimum atomic E-state index is 0.172. The third-order valence-electron chi connectivity index (χ3n) is 3.37. The number of allylic oxidation sites excluding steroid dienone is 1. The van der Waals surface area contributed by atoms with E-state index in [4.69, 9.17) is 4.74 Å². The molecule has 0 radical (unpaired) electrons. The molecule has 0 bridgehead atoms. The van der Waals surface area contributed by atoms with Crippen LogP contribution < -0.4 is 4.74 Å². The Morgan fingerprint density at radius 2 is 1.70 bits per heavy atom. The van der Waals surface area contributed by atoms with Gasteiger partial charge < -0.3 is 14.9 Å². The van der Waals surface area contributed by atoms with Crippen LogP contribution in [0.2, 0.25) is 0 Å². The quantitative estimate of drug-likeness (QED) is 0.812. The van der Waals surface area contributed by atoms with Crippen molar-refractivity contribution >= 4 is 6.08 Å². The fraction of sp³-hybridized carbons (Fsp3) is 0.300. The van der Waals surface area contributed by atoms with Gasteiger partial charge in [-0.15, -0.1) is 0 Å². The zero-order valence-electron chi connectivity index (χ0n) is 14.5. The third kappa shape index (κ3) is 5.70. The zero-order chi connectivity index (χ0) is 17.4. The van der Waals surface area contributed by atoms with Gasteiger partial charge in [0.15, 0.2) is 11.5 Å². The summed E-state index contributed by atoms with van der Waals surface area (Å²) >= 11 is 0. The van der Waals surface area contributed by atoms with E-state index in [0.717, 1.165) is 16.7 Å². The third-order valence-corrected chi connectivity index (χ3v) is 3.37. The Labute approximate surface area is 138 Å². The molecule has 0 fully saturated rings. The molecule has 0 unspecified atom stereocenters. The normalized spacial score (nSPS) is 10.5. The number of phenolic OH excluding ortho intramolecular Hbond substituents is 2. The van der Waals surface area contributed by atoms with E-state index in [2.05, 4.69) is 13.8 Å². The van der Waals surface area contributed by atoms with Gasteiger partial charge >= 0.3 is 0 Å². The molecule has 0 heterocycles. The van der Waals surface area contributed by atoms with Gasteiger partial charge in [-0.2, -0.15) is 0 Å². The molecule has 0 aliphatic rings. The predicted molar refractivity (Wildman–Crippen MR) is 96.3 cm³/mol. The molecular formula is C20H26O3. The van der Waals surface area contributed by atoms with Gasteiger partial charge in [-0.3, -0.25) is 0 Å². The summed E-state index contributed by atoms with van der Waals surface area (Å²) in [5.41, 5.74) is 3.15. The first-order valence-corrected chi connectivity index (χ1v) is 7.68. The lowest BCUT2D eigenvalue weighted by Gasteiger charge is -2.07. The van der Waals surface area contributed by atoms with Gasteiger partial charge in [0.05, 0.1) is 7.11 Å². The Hall–Kier alpha value is -2.42. The molecule has 0 atom stereocenters. The maximum absolute atomic E-state index is 9.46. The summed E-state index contributed by atoms with van der Waals surface area (Å²) in [6.07, 6.45) is 3.88. The molecule has 2 rings (SSSR count). The maximum atomic E-state index is 9.46. The lowest BCUT2D eigenvalue weighted by Crippen LogP contribution is -1.87. The van der Waals surface area contributed by atoms with Gasteiger partial charge in [-0.05, 0) is 54.7 Å². The van der Waals surface area contributed by atoms with Crippen LogP contribution in [-0.4, -0.2) is 17.3 Å². The number of benzene rings is 2. The SMILES string of the molecule is CC=Cc1ccc(O)c(OC)c1.Cc1ccc(C(C)C)c(O)c1. The molecule has 0 aliphatic heterocycles. The average molecular weight is 314 g/mol. The highest BCUT2D eigenvalue weighted by Crippen LogP contribution is 2.27. The fourth-order valence-electron chi connectivity index (χ4n) is 2.13. The molecule has 23 heavy (non-hydrogen) atoms. The number of hydrogen-bond acceptors (Lipinski definition) is 3. The van der Waals surface area contributed by atoms with Gasteiger partial charge in [-0.25, -0.2) is 0 Å². The zero-order valence-corrected chi connectivity index (χ0v) is 14.5. The predicted octanol–water partition coefficient (Wildman–Crippen LogP) is 5.26. The molecule has 2 aromatic carbocycles. The van der Waals surface area contributed by atoms with Crippen LogP contribution in [-0.2, 0) is 0 Å². The summed E-state index contributed by atoms with van der Waals surface area (Å²) < 4.78 is 4.95. The fourth-order valence-corrected chi connectivity index (χ4v) is 2.13. The summed E-state index contributed by atoms with van der Waals surface area (Å²) in [5.74, 6) is 1.49. The number of methoxy groups -OCH3 is 1. The van der Waals surface area contributed by atoms with E-state index < -0.39 is 0 Å². The van der Waals surface area contributed by atoms with Crippen LogP contribution in [0.3, 0.4) is 0 Å². The van der Waals surface area contributed by atoms with Crippen LogP contribution in [0.15, 0.2) is 42.5 Å². The van der Waals surface area contributed by atoms with Crippen LogP contribution >= 0.6 is 0 Å². The topological polar surface area (TPSA) is 49.7 Å². The molecule has 3 heteroatoms. The molecule has 0 saturated carbocycles. The van der Waals surface area contributed by atoms with E-state index in [9.17, 15) is 10.2 Å². The van der Waals surface area contributed by atoms with Crippen molar-refractivity contribution in [3.05, 3.63) is 59.2 Å². The first-order valence-electron chi connectivity index (χ1n) is 7.68. The first kappa shape index (κ1) is 18.6. The minimum Gasteiger partial charge on any atom is -0.508 e. The van der Waals surface area contributed by atoms with E-state index in [1.165, 1.54) is 7.11 Å². The summed E-state index contributed by atoms with van der Waals surface area (Å²) in [6.45, 7) is 8.07. The Morgan fingerprint density at radius 3 is 2.22 bits per heavy atom. The number of hydrogen-bond donors (Lipinski definition) is 2. The van der Waals surface area contributed by atoms with Crippen molar-refractivity contribution in [2.24, 2.45) is 0 Å². The van der Waals surface area contributed by atoms with Crippen molar-refractivity contribution in [2.75, 3.05) is 7.11 Å². The average Bonchev–Trinajstić information content (AvgIpc) is 2.49. The van der Waals surface area contributed by atoms with E-state index in [1.54, 1.807) is 18.2 Å². The van der Waals surface area contributed by atoms with Gasteiger partial charge in [0.25, 0.3) is 0 Å². The molecule has 0 saturated heterocycles. The first-order chi connectivity index (χ1) is 10.9. The van der Waals surface area contributed by atoms with Crippen molar-refractivity contribution in [3.63, 3.8) is 0 Å². The standard InChI is InChI=1S/C10H12O2.C10H14O/c1-3-4-8-5-6-9(11)10(7-8)12-2;1-7(2)9-5-4-8(3)6-10(9)11/h3-7,11H,1-2H3;4-7,11H,1-3H3.